The second kappa shape index (κ2) is 9.81. The van der Waals surface area contributed by atoms with Gasteiger partial charge in [-0.3, -0.25) is 0 Å². The minimum absolute atomic E-state index is 0.188. The maximum absolute atomic E-state index is 12.1. The molecule has 1 aromatic rings. The maximum Gasteiger partial charge on any atom is 0.573 e. The molecule has 0 spiro atoms. The van der Waals surface area contributed by atoms with Gasteiger partial charge in [-0.05, 0) is 38.1 Å². The van der Waals surface area contributed by atoms with Crippen molar-refractivity contribution in [2.45, 2.75) is 32.3 Å². The zero-order valence-electron chi connectivity index (χ0n) is 14.7. The smallest absolute Gasteiger partial charge is 0.478 e. The largest absolute Gasteiger partial charge is 0.573 e. The number of nitrogens with zero attached hydrogens (tertiary/aromatic N) is 1. The number of alkyl halides is 3. The predicted molar refractivity (Wildman–Crippen MR) is 91.8 cm³/mol. The molecule has 0 unspecified atom stereocenters. The third-order valence-corrected chi connectivity index (χ3v) is 3.53. The molecular formula is C17H21F3N2O5. The van der Waals surface area contributed by atoms with Gasteiger partial charge in [0.2, 0.25) is 0 Å². The number of halogens is 3. The van der Waals surface area contributed by atoms with Gasteiger partial charge in [-0.1, -0.05) is 0 Å². The van der Waals surface area contributed by atoms with Gasteiger partial charge in [0, 0.05) is 43.0 Å². The van der Waals surface area contributed by atoms with Gasteiger partial charge < -0.3 is 25.2 Å². The van der Waals surface area contributed by atoms with Crippen molar-refractivity contribution in [3.63, 3.8) is 0 Å². The minimum Gasteiger partial charge on any atom is -0.478 e. The van der Waals surface area contributed by atoms with Crippen LogP contribution < -0.4 is 15.0 Å². The van der Waals surface area contributed by atoms with Crippen LogP contribution in [-0.2, 0) is 9.59 Å². The lowest BCUT2D eigenvalue weighted by molar-refractivity contribution is -0.274. The molecule has 1 aliphatic heterocycles. The molecule has 0 saturated carbocycles. The first kappa shape index (κ1) is 22.3. The molecule has 3 N–H and O–H groups in total. The first-order chi connectivity index (χ1) is 12.5. The molecule has 7 nitrogen and oxygen atoms in total. The Bertz CT molecular complexity index is 646. The maximum atomic E-state index is 12.1. The van der Waals surface area contributed by atoms with E-state index in [2.05, 4.69) is 28.8 Å². The zero-order chi connectivity index (χ0) is 20.6. The van der Waals surface area contributed by atoms with Crippen LogP contribution in [0.2, 0.25) is 0 Å². The molecule has 2 rings (SSSR count). The molecule has 10 heteroatoms. The molecule has 0 aromatic heterocycles. The highest BCUT2D eigenvalue weighted by molar-refractivity contribution is 5.89. The summed E-state index contributed by atoms with van der Waals surface area (Å²) in [6.45, 7) is 5.86. The number of anilines is 1. The van der Waals surface area contributed by atoms with E-state index < -0.39 is 18.3 Å². The summed E-state index contributed by atoms with van der Waals surface area (Å²) >= 11 is 0. The minimum atomic E-state index is -4.64. The highest BCUT2D eigenvalue weighted by Gasteiger charge is 2.31. The van der Waals surface area contributed by atoms with Crippen molar-refractivity contribution >= 4 is 17.6 Å². The SMILES string of the molecule is C[C@@H]1CN(c2ccc(OC(F)(F)F)cc2)[C@@H](C)CN1.O=C(O)/C=C/C(=O)O. The number of aliphatic carboxylic acids is 2. The lowest BCUT2D eigenvalue weighted by Crippen LogP contribution is -2.54. The van der Waals surface area contributed by atoms with Crippen molar-refractivity contribution < 1.29 is 37.7 Å². The van der Waals surface area contributed by atoms with E-state index in [1.165, 1.54) is 12.1 Å². The summed E-state index contributed by atoms with van der Waals surface area (Å²) in [5, 5.41) is 19.0. The standard InChI is InChI=1S/C13H17F3N2O.C4H4O4/c1-9-8-18(10(2)7-17-9)11-3-5-12(6-4-11)19-13(14,15)16;5-3(6)1-2-4(7)8/h3-6,9-10,17H,7-8H2,1-2H3;1-2H,(H,5,6)(H,7,8)/b;2-1+/t9-,10+;/m1./s1. The molecule has 0 aliphatic carbocycles. The van der Waals surface area contributed by atoms with Gasteiger partial charge in [-0.25, -0.2) is 9.59 Å². The number of carbonyl (C=O) groups is 2. The molecule has 1 heterocycles. The summed E-state index contributed by atoms with van der Waals surface area (Å²) in [4.78, 5) is 21.3. The van der Waals surface area contributed by atoms with Crippen LogP contribution in [0.3, 0.4) is 0 Å². The Morgan fingerprint density at radius 2 is 1.67 bits per heavy atom. The Hall–Kier alpha value is -2.75. The van der Waals surface area contributed by atoms with Crippen LogP contribution in [0.1, 0.15) is 13.8 Å². The van der Waals surface area contributed by atoms with Crippen molar-refractivity contribution in [2.24, 2.45) is 0 Å². The van der Waals surface area contributed by atoms with E-state index in [0.29, 0.717) is 24.2 Å². The van der Waals surface area contributed by atoms with E-state index in [0.717, 1.165) is 18.8 Å². The molecular weight excluding hydrogens is 369 g/mol. The third-order valence-electron chi connectivity index (χ3n) is 3.53. The Labute approximate surface area is 154 Å². The molecule has 0 amide bonds. The van der Waals surface area contributed by atoms with E-state index >= 15 is 0 Å². The topological polar surface area (TPSA) is 99.1 Å². The van der Waals surface area contributed by atoms with Crippen LogP contribution in [0.25, 0.3) is 0 Å². The average Bonchev–Trinajstić information content (AvgIpc) is 2.55. The number of carboxylic acid groups (broad SMARTS) is 2. The number of piperazine rings is 1. The van der Waals surface area contributed by atoms with Gasteiger partial charge in [-0.2, -0.15) is 0 Å². The monoisotopic (exact) mass is 390 g/mol. The number of nitrogens with one attached hydrogen (secondary N) is 1. The first-order valence-electron chi connectivity index (χ1n) is 7.97. The van der Waals surface area contributed by atoms with Crippen molar-refractivity contribution in [1.29, 1.82) is 0 Å². The number of benzene rings is 1. The summed E-state index contributed by atoms with van der Waals surface area (Å²) in [6.07, 6.45) is -3.52. The van der Waals surface area contributed by atoms with Gasteiger partial charge in [0.05, 0.1) is 0 Å². The molecule has 0 bridgehead atoms. The number of ether oxygens (including phenoxy) is 1. The van der Waals surface area contributed by atoms with Crippen LogP contribution >= 0.6 is 0 Å². The van der Waals surface area contributed by atoms with Crippen molar-refractivity contribution in [3.05, 3.63) is 36.4 Å². The average molecular weight is 390 g/mol. The van der Waals surface area contributed by atoms with Crippen molar-refractivity contribution in [1.82, 2.24) is 5.32 Å². The molecule has 0 radical (unpaired) electrons. The van der Waals surface area contributed by atoms with Crippen molar-refractivity contribution in [3.8, 4) is 5.75 Å². The van der Waals surface area contributed by atoms with Gasteiger partial charge in [0.25, 0.3) is 0 Å². The summed E-state index contributed by atoms with van der Waals surface area (Å²) in [5.41, 5.74) is 0.912. The quantitative estimate of drug-likeness (QED) is 0.680. The fraction of sp³-hybridized carbons (Fsp3) is 0.412. The molecule has 1 aromatic carbocycles. The van der Waals surface area contributed by atoms with Crippen LogP contribution in [-0.4, -0.2) is 53.7 Å². The van der Waals surface area contributed by atoms with E-state index in [-0.39, 0.29) is 5.75 Å². The van der Waals surface area contributed by atoms with Crippen LogP contribution in [0.5, 0.6) is 5.75 Å². The Morgan fingerprint density at radius 1 is 1.15 bits per heavy atom. The summed E-state index contributed by atoms with van der Waals surface area (Å²) in [5.74, 6) is -2.70. The predicted octanol–water partition coefficient (Wildman–Crippen LogP) is 2.48. The fourth-order valence-corrected chi connectivity index (χ4v) is 2.36. The summed E-state index contributed by atoms with van der Waals surface area (Å²) < 4.78 is 40.1. The Morgan fingerprint density at radius 3 is 2.11 bits per heavy atom. The van der Waals surface area contributed by atoms with Crippen LogP contribution in [0.4, 0.5) is 18.9 Å². The molecule has 1 fully saturated rings. The van der Waals surface area contributed by atoms with Crippen LogP contribution in [0.15, 0.2) is 36.4 Å². The third kappa shape index (κ3) is 8.95. The number of carboxylic acids is 2. The normalized spacial score (nSPS) is 20.0. The zero-order valence-corrected chi connectivity index (χ0v) is 14.7. The number of hydrogen-bond acceptors (Lipinski definition) is 5. The summed E-state index contributed by atoms with van der Waals surface area (Å²) in [7, 11) is 0. The summed E-state index contributed by atoms with van der Waals surface area (Å²) in [6, 6.07) is 6.70. The molecule has 27 heavy (non-hydrogen) atoms. The van der Waals surface area contributed by atoms with Crippen molar-refractivity contribution in [2.75, 3.05) is 18.0 Å². The van der Waals surface area contributed by atoms with E-state index in [4.69, 9.17) is 10.2 Å². The molecule has 150 valence electrons. The fourth-order valence-electron chi connectivity index (χ4n) is 2.36. The lowest BCUT2D eigenvalue weighted by atomic mass is 10.1. The molecule has 1 saturated heterocycles. The number of hydrogen-bond donors (Lipinski definition) is 3. The van der Waals surface area contributed by atoms with E-state index in [1.807, 2.05) is 0 Å². The Balaban J connectivity index is 0.000000387. The highest BCUT2D eigenvalue weighted by atomic mass is 19.4. The lowest BCUT2D eigenvalue weighted by Gasteiger charge is -2.39. The second-order valence-electron chi connectivity index (χ2n) is 5.86. The van der Waals surface area contributed by atoms with Gasteiger partial charge >= 0.3 is 18.3 Å². The van der Waals surface area contributed by atoms with Gasteiger partial charge in [-0.15, -0.1) is 13.2 Å². The highest BCUT2D eigenvalue weighted by Crippen LogP contribution is 2.26. The molecule has 1 aliphatic rings. The number of rotatable bonds is 4. The molecule has 2 atom stereocenters. The Kier molecular flexibility index (Phi) is 8.10. The second-order valence-corrected chi connectivity index (χ2v) is 5.86. The van der Waals surface area contributed by atoms with Gasteiger partial charge in [0.1, 0.15) is 5.75 Å². The van der Waals surface area contributed by atoms with Crippen LogP contribution in [0, 0.1) is 0 Å². The van der Waals surface area contributed by atoms with Gasteiger partial charge in [0.15, 0.2) is 0 Å². The van der Waals surface area contributed by atoms with E-state index in [9.17, 15) is 22.8 Å². The van der Waals surface area contributed by atoms with E-state index in [1.54, 1.807) is 12.1 Å². The first-order valence-corrected chi connectivity index (χ1v) is 7.97.